The molecule has 3 rings (SSSR count). The molecule has 0 radical (unpaired) electrons. The van der Waals surface area contributed by atoms with Gasteiger partial charge in [-0.1, -0.05) is 23.2 Å². The van der Waals surface area contributed by atoms with Crippen LogP contribution in [0.3, 0.4) is 0 Å². The highest BCUT2D eigenvalue weighted by molar-refractivity contribution is 7.21. The van der Waals surface area contributed by atoms with Crippen molar-refractivity contribution in [2.24, 2.45) is 0 Å². The Morgan fingerprint density at radius 1 is 1.19 bits per heavy atom. The van der Waals surface area contributed by atoms with Crippen LogP contribution in [0.1, 0.15) is 9.67 Å². The molecule has 106 valence electrons. The van der Waals surface area contributed by atoms with Crippen molar-refractivity contribution in [2.75, 3.05) is 11.1 Å². The van der Waals surface area contributed by atoms with Gasteiger partial charge in [-0.15, -0.1) is 11.3 Å². The van der Waals surface area contributed by atoms with Gasteiger partial charge in [-0.2, -0.15) is 0 Å². The lowest BCUT2D eigenvalue weighted by Gasteiger charge is -2.05. The summed E-state index contributed by atoms with van der Waals surface area (Å²) in [5.74, 6) is -0.337. The van der Waals surface area contributed by atoms with Crippen LogP contribution in [-0.4, -0.2) is 15.9 Å². The zero-order valence-electron chi connectivity index (χ0n) is 10.4. The molecule has 0 bridgehead atoms. The Morgan fingerprint density at radius 2 is 1.95 bits per heavy atom. The van der Waals surface area contributed by atoms with Crippen LogP contribution in [0.25, 0.3) is 10.3 Å². The molecule has 0 atom stereocenters. The number of nitrogens with zero attached hydrogens (tertiary/aromatic N) is 2. The van der Waals surface area contributed by atoms with Gasteiger partial charge in [0.25, 0.3) is 5.91 Å². The number of amides is 1. The van der Waals surface area contributed by atoms with E-state index in [1.54, 1.807) is 24.4 Å². The van der Waals surface area contributed by atoms with E-state index in [0.717, 1.165) is 0 Å². The third-order valence-electron chi connectivity index (χ3n) is 2.75. The molecule has 0 unspecified atom stereocenters. The van der Waals surface area contributed by atoms with E-state index in [4.69, 9.17) is 28.9 Å². The summed E-state index contributed by atoms with van der Waals surface area (Å²) in [6.45, 7) is 0. The van der Waals surface area contributed by atoms with Gasteiger partial charge in [0.1, 0.15) is 15.2 Å². The summed E-state index contributed by atoms with van der Waals surface area (Å²) < 4.78 is 0. The van der Waals surface area contributed by atoms with Gasteiger partial charge >= 0.3 is 0 Å². The second kappa shape index (κ2) is 5.48. The number of carbonyl (C=O) groups excluding carboxylic acids is 1. The maximum Gasteiger partial charge on any atom is 0.268 e. The van der Waals surface area contributed by atoms with Gasteiger partial charge in [0.05, 0.1) is 15.7 Å². The fourth-order valence-corrected chi connectivity index (χ4v) is 2.99. The first-order chi connectivity index (χ1) is 10.1. The fraction of sp³-hybridized carbons (Fsp3) is 0. The Hall–Kier alpha value is -1.89. The number of nitrogens with one attached hydrogen (secondary N) is 1. The number of thiophene rings is 1. The summed E-state index contributed by atoms with van der Waals surface area (Å²) in [6.07, 6.45) is 3.09. The lowest BCUT2D eigenvalue weighted by Crippen LogP contribution is -2.11. The molecule has 3 aromatic rings. The maximum absolute atomic E-state index is 12.3. The average molecular weight is 339 g/mol. The van der Waals surface area contributed by atoms with E-state index in [2.05, 4.69) is 15.3 Å². The minimum absolute atomic E-state index is 0.320. The van der Waals surface area contributed by atoms with Crippen LogP contribution in [-0.2, 0) is 0 Å². The molecular formula is C13H8Cl2N4OS. The zero-order chi connectivity index (χ0) is 15.0. The monoisotopic (exact) mass is 338 g/mol. The largest absolute Gasteiger partial charge is 0.396 e. The molecular weight excluding hydrogens is 331 g/mol. The van der Waals surface area contributed by atoms with E-state index in [0.29, 0.717) is 36.6 Å². The normalized spacial score (nSPS) is 10.8. The van der Waals surface area contributed by atoms with Gasteiger partial charge in [-0.3, -0.25) is 4.79 Å². The third-order valence-corrected chi connectivity index (χ3v) is 4.59. The number of carbonyl (C=O) groups is 1. The van der Waals surface area contributed by atoms with E-state index in [9.17, 15) is 4.79 Å². The van der Waals surface area contributed by atoms with Crippen molar-refractivity contribution in [3.63, 3.8) is 0 Å². The Bertz CT molecular complexity index is 849. The first-order valence-corrected chi connectivity index (χ1v) is 7.39. The van der Waals surface area contributed by atoms with Crippen molar-refractivity contribution in [2.45, 2.75) is 0 Å². The van der Waals surface area contributed by atoms with Crippen LogP contribution < -0.4 is 11.1 Å². The molecule has 8 heteroatoms. The van der Waals surface area contributed by atoms with Crippen molar-refractivity contribution < 1.29 is 4.79 Å². The summed E-state index contributed by atoms with van der Waals surface area (Å²) in [7, 11) is 0. The molecule has 2 heterocycles. The smallest absolute Gasteiger partial charge is 0.268 e. The van der Waals surface area contributed by atoms with Crippen LogP contribution in [0.2, 0.25) is 10.0 Å². The van der Waals surface area contributed by atoms with E-state index >= 15 is 0 Å². The standard InChI is InChI=1S/C13H8Cl2N4OS/c14-7-2-1-6(5-8(7)15)19-12(20)11-9(16)10-13(21-11)18-4-3-17-10/h1-5H,16H2,(H,19,20). The molecule has 2 aromatic heterocycles. The van der Waals surface area contributed by atoms with Gasteiger partial charge in [0.15, 0.2) is 0 Å². The summed E-state index contributed by atoms with van der Waals surface area (Å²) in [5, 5.41) is 3.50. The predicted molar refractivity (Wildman–Crippen MR) is 86.2 cm³/mol. The Labute approximate surface area is 133 Å². The van der Waals surface area contributed by atoms with E-state index in [1.165, 1.54) is 17.5 Å². The number of aromatic nitrogens is 2. The Kier molecular flexibility index (Phi) is 3.67. The minimum atomic E-state index is -0.337. The van der Waals surface area contributed by atoms with E-state index in [1.807, 2.05) is 0 Å². The zero-order valence-corrected chi connectivity index (χ0v) is 12.8. The Morgan fingerprint density at radius 3 is 2.67 bits per heavy atom. The summed E-state index contributed by atoms with van der Waals surface area (Å²) in [4.78, 5) is 21.5. The number of benzene rings is 1. The molecule has 0 spiro atoms. The number of rotatable bonds is 2. The first-order valence-electron chi connectivity index (χ1n) is 5.81. The van der Waals surface area contributed by atoms with Crippen LogP contribution in [0, 0.1) is 0 Å². The minimum Gasteiger partial charge on any atom is -0.396 e. The maximum atomic E-state index is 12.3. The number of anilines is 2. The van der Waals surface area contributed by atoms with Crippen LogP contribution in [0.5, 0.6) is 0 Å². The topological polar surface area (TPSA) is 80.9 Å². The number of nitrogens with two attached hydrogens (primary N) is 1. The number of halogens is 2. The molecule has 5 nitrogen and oxygen atoms in total. The fourth-order valence-electron chi connectivity index (χ4n) is 1.77. The number of nitrogen functional groups attached to an aromatic ring is 1. The van der Waals surface area contributed by atoms with Gasteiger partial charge in [-0.05, 0) is 18.2 Å². The van der Waals surface area contributed by atoms with Crippen molar-refractivity contribution in [3.8, 4) is 0 Å². The van der Waals surface area contributed by atoms with Crippen LogP contribution in [0.15, 0.2) is 30.6 Å². The molecule has 21 heavy (non-hydrogen) atoms. The molecule has 3 N–H and O–H groups in total. The predicted octanol–water partition coefficient (Wildman–Crippen LogP) is 3.83. The van der Waals surface area contributed by atoms with Gasteiger partial charge in [0.2, 0.25) is 0 Å². The lowest BCUT2D eigenvalue weighted by molar-refractivity contribution is 0.103. The molecule has 0 aliphatic heterocycles. The second-order valence-electron chi connectivity index (χ2n) is 4.14. The summed E-state index contributed by atoms with van der Waals surface area (Å²) >= 11 is 12.9. The number of hydrogen-bond acceptors (Lipinski definition) is 5. The van der Waals surface area contributed by atoms with Gasteiger partial charge in [0, 0.05) is 18.1 Å². The SMILES string of the molecule is Nc1c(C(=O)Nc2ccc(Cl)c(Cl)c2)sc2nccnc12. The van der Waals surface area contributed by atoms with Gasteiger partial charge in [-0.25, -0.2) is 9.97 Å². The average Bonchev–Trinajstić information content (AvgIpc) is 2.81. The second-order valence-corrected chi connectivity index (χ2v) is 5.95. The molecule has 0 saturated carbocycles. The molecule has 1 amide bonds. The van der Waals surface area contributed by atoms with E-state index < -0.39 is 0 Å². The lowest BCUT2D eigenvalue weighted by atomic mass is 10.3. The highest BCUT2D eigenvalue weighted by Crippen LogP contribution is 2.31. The van der Waals surface area contributed by atoms with Crippen LogP contribution >= 0.6 is 34.5 Å². The molecule has 0 fully saturated rings. The van der Waals surface area contributed by atoms with Crippen molar-refractivity contribution >= 4 is 62.2 Å². The van der Waals surface area contributed by atoms with Crippen molar-refractivity contribution in [3.05, 3.63) is 45.5 Å². The summed E-state index contributed by atoms with van der Waals surface area (Å²) in [6, 6.07) is 4.84. The molecule has 0 aliphatic rings. The molecule has 0 saturated heterocycles. The van der Waals surface area contributed by atoms with Crippen molar-refractivity contribution in [1.29, 1.82) is 0 Å². The molecule has 0 aliphatic carbocycles. The van der Waals surface area contributed by atoms with Crippen LogP contribution in [0.4, 0.5) is 11.4 Å². The van der Waals surface area contributed by atoms with Crippen molar-refractivity contribution in [1.82, 2.24) is 9.97 Å². The number of hydrogen-bond donors (Lipinski definition) is 2. The first kappa shape index (κ1) is 14.1. The summed E-state index contributed by atoms with van der Waals surface area (Å²) in [5.41, 5.74) is 7.33. The third kappa shape index (κ3) is 2.65. The van der Waals surface area contributed by atoms with E-state index in [-0.39, 0.29) is 5.91 Å². The number of fused-ring (bicyclic) bond motifs is 1. The highest BCUT2D eigenvalue weighted by atomic mass is 35.5. The molecule has 1 aromatic carbocycles. The van der Waals surface area contributed by atoms with Gasteiger partial charge < -0.3 is 11.1 Å². The Balaban J connectivity index is 1.93. The quantitative estimate of drug-likeness (QED) is 0.743. The highest BCUT2D eigenvalue weighted by Gasteiger charge is 2.18.